The Hall–Kier alpha value is -1.39. The number of aryl methyl sites for hydroxylation is 1. The van der Waals surface area contributed by atoms with Gasteiger partial charge in [0.05, 0.1) is 4.47 Å². The predicted octanol–water partition coefficient (Wildman–Crippen LogP) is 4.44. The number of hydrogen-bond acceptors (Lipinski definition) is 2. The molecule has 0 saturated heterocycles. The molecule has 0 unspecified atom stereocenters. The van der Waals surface area contributed by atoms with E-state index in [1.54, 1.807) is 0 Å². The summed E-state index contributed by atoms with van der Waals surface area (Å²) in [7, 11) is 0. The molecule has 0 aliphatic rings. The lowest BCUT2D eigenvalue weighted by Gasteiger charge is -2.12. The van der Waals surface area contributed by atoms with Crippen LogP contribution in [0.3, 0.4) is 0 Å². The first kappa shape index (κ1) is 14.0. The zero-order valence-electron chi connectivity index (χ0n) is 10.5. The van der Waals surface area contributed by atoms with Crippen LogP contribution in [0.4, 0.5) is 0 Å². The first-order valence-electron chi connectivity index (χ1n) is 5.97. The fourth-order valence-electron chi connectivity index (χ4n) is 1.75. The highest BCUT2D eigenvalue weighted by Crippen LogP contribution is 2.32. The fraction of sp³-hybridized carbons (Fsp3) is 0.133. The maximum Gasteiger partial charge on any atom is 0.141 e. The second-order valence-electron chi connectivity index (χ2n) is 4.07. The number of rotatable bonds is 4. The van der Waals surface area contributed by atoms with Crippen LogP contribution >= 0.6 is 28.1 Å². The van der Waals surface area contributed by atoms with Gasteiger partial charge in [0.15, 0.2) is 0 Å². The Bertz CT molecular complexity index is 613. The summed E-state index contributed by atoms with van der Waals surface area (Å²) in [5.41, 5.74) is 7.59. The molecule has 0 heterocycles. The van der Waals surface area contributed by atoms with Gasteiger partial charge in [0.1, 0.15) is 16.5 Å². The summed E-state index contributed by atoms with van der Waals surface area (Å²) in [4.78, 5) is 0.376. The van der Waals surface area contributed by atoms with Crippen LogP contribution in [0.2, 0.25) is 0 Å². The Kier molecular flexibility index (Phi) is 4.56. The lowest BCUT2D eigenvalue weighted by atomic mass is 10.1. The molecule has 2 N–H and O–H groups in total. The highest BCUT2D eigenvalue weighted by Gasteiger charge is 2.07. The van der Waals surface area contributed by atoms with E-state index in [0.29, 0.717) is 4.99 Å². The van der Waals surface area contributed by atoms with Gasteiger partial charge >= 0.3 is 0 Å². The van der Waals surface area contributed by atoms with Gasteiger partial charge in [-0.25, -0.2) is 0 Å². The second kappa shape index (κ2) is 6.17. The van der Waals surface area contributed by atoms with Gasteiger partial charge in [0.25, 0.3) is 0 Å². The quantitative estimate of drug-likeness (QED) is 0.839. The Morgan fingerprint density at radius 3 is 2.58 bits per heavy atom. The Morgan fingerprint density at radius 2 is 1.95 bits per heavy atom. The van der Waals surface area contributed by atoms with Crippen LogP contribution in [0.15, 0.2) is 46.9 Å². The molecule has 0 fully saturated rings. The van der Waals surface area contributed by atoms with Crippen molar-refractivity contribution in [3.05, 3.63) is 58.1 Å². The second-order valence-corrected chi connectivity index (χ2v) is 5.37. The van der Waals surface area contributed by atoms with Crippen molar-refractivity contribution >= 4 is 33.1 Å². The summed E-state index contributed by atoms with van der Waals surface area (Å²) < 4.78 is 6.77. The molecule has 2 rings (SSSR count). The molecule has 0 spiro atoms. The first-order valence-corrected chi connectivity index (χ1v) is 7.17. The highest BCUT2D eigenvalue weighted by molar-refractivity contribution is 9.10. The number of nitrogens with two attached hydrogens (primary N) is 1. The van der Waals surface area contributed by atoms with E-state index in [1.807, 2.05) is 36.4 Å². The van der Waals surface area contributed by atoms with Crippen LogP contribution in [-0.4, -0.2) is 4.99 Å². The summed E-state index contributed by atoms with van der Waals surface area (Å²) in [6.07, 6.45) is 0.929. The van der Waals surface area contributed by atoms with E-state index >= 15 is 0 Å². The van der Waals surface area contributed by atoms with Gasteiger partial charge in [-0.3, -0.25) is 0 Å². The number of thiocarbonyl (C=S) groups is 1. The highest BCUT2D eigenvalue weighted by atomic mass is 79.9. The molecule has 0 bridgehead atoms. The molecule has 0 saturated carbocycles. The van der Waals surface area contributed by atoms with Gasteiger partial charge in [-0.2, -0.15) is 0 Å². The smallest absolute Gasteiger partial charge is 0.141 e. The van der Waals surface area contributed by atoms with Gasteiger partial charge in [-0.15, -0.1) is 0 Å². The maximum atomic E-state index is 5.93. The summed E-state index contributed by atoms with van der Waals surface area (Å²) in [6.45, 7) is 2.10. The third-order valence-corrected chi connectivity index (χ3v) is 3.65. The Morgan fingerprint density at radius 1 is 1.21 bits per heavy atom. The zero-order valence-corrected chi connectivity index (χ0v) is 12.9. The van der Waals surface area contributed by atoms with Crippen LogP contribution in [0.25, 0.3) is 0 Å². The number of hydrogen-bond donors (Lipinski definition) is 1. The van der Waals surface area contributed by atoms with Crippen molar-refractivity contribution in [1.29, 1.82) is 0 Å². The Balaban J connectivity index is 2.31. The molecule has 98 valence electrons. The normalized spacial score (nSPS) is 10.2. The topological polar surface area (TPSA) is 35.2 Å². The van der Waals surface area contributed by atoms with E-state index in [1.165, 1.54) is 5.56 Å². The molecule has 2 aromatic carbocycles. The lowest BCUT2D eigenvalue weighted by molar-refractivity contribution is 0.474. The number of ether oxygens (including phenoxy) is 1. The molecule has 0 aliphatic carbocycles. The minimum absolute atomic E-state index is 0.376. The molecular weight excluding hydrogens is 322 g/mol. The minimum atomic E-state index is 0.376. The van der Waals surface area contributed by atoms with Crippen molar-refractivity contribution < 1.29 is 4.74 Å². The molecule has 0 radical (unpaired) electrons. The van der Waals surface area contributed by atoms with E-state index in [4.69, 9.17) is 22.7 Å². The average molecular weight is 336 g/mol. The Labute approximate surface area is 126 Å². The molecule has 19 heavy (non-hydrogen) atoms. The zero-order chi connectivity index (χ0) is 13.8. The van der Waals surface area contributed by atoms with Crippen LogP contribution in [0.5, 0.6) is 11.5 Å². The largest absolute Gasteiger partial charge is 0.456 e. The SMILES string of the molecule is CCc1ccccc1Oc1ccc(C(N)=S)cc1Br. The van der Waals surface area contributed by atoms with E-state index in [0.717, 1.165) is 28.0 Å². The molecule has 0 aromatic heterocycles. The van der Waals surface area contributed by atoms with Crippen LogP contribution in [0, 0.1) is 0 Å². The van der Waals surface area contributed by atoms with Crippen LogP contribution in [0.1, 0.15) is 18.1 Å². The van der Waals surface area contributed by atoms with Gasteiger partial charge in [-0.05, 0) is 52.2 Å². The fourth-order valence-corrected chi connectivity index (χ4v) is 2.34. The van der Waals surface area contributed by atoms with Crippen molar-refractivity contribution in [2.75, 3.05) is 0 Å². The summed E-state index contributed by atoms with van der Waals surface area (Å²) in [5, 5.41) is 0. The molecular formula is C15H14BrNOS. The summed E-state index contributed by atoms with van der Waals surface area (Å²) >= 11 is 8.43. The van der Waals surface area contributed by atoms with E-state index in [2.05, 4.69) is 28.9 Å². The molecule has 2 aromatic rings. The summed E-state index contributed by atoms with van der Waals surface area (Å²) in [5.74, 6) is 1.62. The van der Waals surface area contributed by atoms with Gasteiger partial charge in [-0.1, -0.05) is 37.3 Å². The molecule has 4 heteroatoms. The van der Waals surface area contributed by atoms with Crippen molar-refractivity contribution in [2.24, 2.45) is 5.73 Å². The standard InChI is InChI=1S/C15H14BrNOS/c1-2-10-5-3-4-6-13(10)18-14-8-7-11(15(17)19)9-12(14)16/h3-9H,2H2,1H3,(H2,17,19). The van der Waals surface area contributed by atoms with Crippen LogP contribution in [-0.2, 0) is 6.42 Å². The molecule has 0 aliphatic heterocycles. The van der Waals surface area contributed by atoms with Crippen molar-refractivity contribution in [3.8, 4) is 11.5 Å². The third kappa shape index (κ3) is 3.33. The van der Waals surface area contributed by atoms with Crippen molar-refractivity contribution in [3.63, 3.8) is 0 Å². The van der Waals surface area contributed by atoms with Crippen LogP contribution < -0.4 is 10.5 Å². The van der Waals surface area contributed by atoms with Gasteiger partial charge in [0, 0.05) is 5.56 Å². The number of para-hydroxylation sites is 1. The molecule has 0 atom stereocenters. The maximum absolute atomic E-state index is 5.93. The third-order valence-electron chi connectivity index (χ3n) is 2.79. The van der Waals surface area contributed by atoms with Gasteiger partial charge in [0.2, 0.25) is 0 Å². The van der Waals surface area contributed by atoms with Crippen molar-refractivity contribution in [2.45, 2.75) is 13.3 Å². The predicted molar refractivity (Wildman–Crippen MR) is 85.9 cm³/mol. The van der Waals surface area contributed by atoms with E-state index in [-0.39, 0.29) is 0 Å². The summed E-state index contributed by atoms with van der Waals surface area (Å²) in [6, 6.07) is 13.6. The number of halogens is 1. The lowest BCUT2D eigenvalue weighted by Crippen LogP contribution is -2.09. The minimum Gasteiger partial charge on any atom is -0.456 e. The van der Waals surface area contributed by atoms with Crippen molar-refractivity contribution in [1.82, 2.24) is 0 Å². The van der Waals surface area contributed by atoms with E-state index in [9.17, 15) is 0 Å². The van der Waals surface area contributed by atoms with Gasteiger partial charge < -0.3 is 10.5 Å². The monoisotopic (exact) mass is 335 g/mol. The first-order chi connectivity index (χ1) is 9.11. The number of benzene rings is 2. The molecule has 2 nitrogen and oxygen atoms in total. The van der Waals surface area contributed by atoms with E-state index < -0.39 is 0 Å². The average Bonchev–Trinajstić information content (AvgIpc) is 2.41. The molecule has 0 amide bonds.